The maximum absolute atomic E-state index is 12.1. The summed E-state index contributed by atoms with van der Waals surface area (Å²) in [6, 6.07) is 9.61. The Morgan fingerprint density at radius 1 is 1.28 bits per heavy atom. The monoisotopic (exact) mass is 241 g/mol. The fourth-order valence-corrected chi connectivity index (χ4v) is 1.77. The smallest absolute Gasteiger partial charge is 0.168 e. The standard InChI is InChI=1S/C15H15NO2/c1-11-5-3-4-6-12(11)8-15(17)13-7-14(18-2)10-16-9-13/h3-7,9-10H,8H2,1-2H3. The van der Waals surface area contributed by atoms with Gasteiger partial charge in [0, 0.05) is 18.2 Å². The van der Waals surface area contributed by atoms with E-state index in [4.69, 9.17) is 4.74 Å². The summed E-state index contributed by atoms with van der Waals surface area (Å²) in [5.74, 6) is 0.654. The molecule has 0 aliphatic heterocycles. The molecule has 3 heteroatoms. The number of Topliss-reactive ketones (excluding diaryl/α,β-unsaturated/α-hetero) is 1. The van der Waals surface area contributed by atoms with Crippen LogP contribution in [0.15, 0.2) is 42.7 Å². The van der Waals surface area contributed by atoms with Crippen molar-refractivity contribution < 1.29 is 9.53 Å². The van der Waals surface area contributed by atoms with E-state index in [0.717, 1.165) is 11.1 Å². The lowest BCUT2D eigenvalue weighted by atomic mass is 10.0. The number of hydrogen-bond acceptors (Lipinski definition) is 3. The summed E-state index contributed by atoms with van der Waals surface area (Å²) in [5.41, 5.74) is 2.75. The van der Waals surface area contributed by atoms with E-state index in [1.165, 1.54) is 0 Å². The minimum atomic E-state index is 0.0516. The number of aryl methyl sites for hydroxylation is 1. The van der Waals surface area contributed by atoms with E-state index in [1.807, 2.05) is 31.2 Å². The first-order chi connectivity index (χ1) is 8.70. The van der Waals surface area contributed by atoms with Crippen molar-refractivity contribution in [3.63, 3.8) is 0 Å². The second-order valence-corrected chi connectivity index (χ2v) is 4.14. The Kier molecular flexibility index (Phi) is 3.72. The van der Waals surface area contributed by atoms with Crippen molar-refractivity contribution in [2.45, 2.75) is 13.3 Å². The van der Waals surface area contributed by atoms with Crippen molar-refractivity contribution in [1.29, 1.82) is 0 Å². The number of hydrogen-bond donors (Lipinski definition) is 0. The first kappa shape index (κ1) is 12.3. The fourth-order valence-electron chi connectivity index (χ4n) is 1.77. The maximum atomic E-state index is 12.1. The normalized spacial score (nSPS) is 10.1. The van der Waals surface area contributed by atoms with E-state index in [-0.39, 0.29) is 5.78 Å². The number of carbonyl (C=O) groups is 1. The molecule has 0 atom stereocenters. The Balaban J connectivity index is 2.19. The molecule has 0 radical (unpaired) electrons. The van der Waals surface area contributed by atoms with Gasteiger partial charge in [0.05, 0.1) is 13.3 Å². The van der Waals surface area contributed by atoms with Gasteiger partial charge in [-0.05, 0) is 24.1 Å². The van der Waals surface area contributed by atoms with Crippen LogP contribution in [-0.2, 0) is 6.42 Å². The summed E-state index contributed by atoms with van der Waals surface area (Å²) in [6.45, 7) is 2.01. The van der Waals surface area contributed by atoms with E-state index >= 15 is 0 Å². The minimum Gasteiger partial charge on any atom is -0.495 e. The molecule has 0 unspecified atom stereocenters. The molecule has 1 heterocycles. The molecule has 2 aromatic rings. The van der Waals surface area contributed by atoms with Crippen LogP contribution >= 0.6 is 0 Å². The van der Waals surface area contributed by atoms with Gasteiger partial charge in [0.2, 0.25) is 0 Å². The summed E-state index contributed by atoms with van der Waals surface area (Å²) in [7, 11) is 1.56. The van der Waals surface area contributed by atoms with E-state index in [9.17, 15) is 4.79 Å². The van der Waals surface area contributed by atoms with E-state index < -0.39 is 0 Å². The molecule has 0 amide bonds. The van der Waals surface area contributed by atoms with Crippen molar-refractivity contribution in [1.82, 2.24) is 4.98 Å². The van der Waals surface area contributed by atoms with E-state index in [1.54, 1.807) is 25.6 Å². The predicted molar refractivity (Wildman–Crippen MR) is 70.0 cm³/mol. The number of aromatic nitrogens is 1. The topological polar surface area (TPSA) is 39.2 Å². The zero-order chi connectivity index (χ0) is 13.0. The Bertz CT molecular complexity index is 564. The van der Waals surface area contributed by atoms with Gasteiger partial charge < -0.3 is 4.74 Å². The van der Waals surface area contributed by atoms with Gasteiger partial charge in [0.15, 0.2) is 5.78 Å². The van der Waals surface area contributed by atoms with Gasteiger partial charge in [-0.25, -0.2) is 0 Å². The molecule has 92 valence electrons. The zero-order valence-corrected chi connectivity index (χ0v) is 10.5. The average Bonchev–Trinajstić information content (AvgIpc) is 2.41. The number of methoxy groups -OCH3 is 1. The molecule has 18 heavy (non-hydrogen) atoms. The molecule has 0 saturated carbocycles. The molecule has 0 aliphatic rings. The van der Waals surface area contributed by atoms with Crippen molar-refractivity contribution in [3.05, 3.63) is 59.4 Å². The Morgan fingerprint density at radius 3 is 2.78 bits per heavy atom. The predicted octanol–water partition coefficient (Wildman–Crippen LogP) is 2.82. The first-order valence-corrected chi connectivity index (χ1v) is 5.77. The second kappa shape index (κ2) is 5.45. The van der Waals surface area contributed by atoms with Crippen LogP contribution in [0.1, 0.15) is 21.5 Å². The van der Waals surface area contributed by atoms with Crippen molar-refractivity contribution in [2.75, 3.05) is 7.11 Å². The van der Waals surface area contributed by atoms with E-state index in [0.29, 0.717) is 17.7 Å². The summed E-state index contributed by atoms with van der Waals surface area (Å²) in [6.07, 6.45) is 3.55. The second-order valence-electron chi connectivity index (χ2n) is 4.14. The van der Waals surface area contributed by atoms with Gasteiger partial charge in [0.25, 0.3) is 0 Å². The van der Waals surface area contributed by atoms with Crippen molar-refractivity contribution >= 4 is 5.78 Å². The van der Waals surface area contributed by atoms with Gasteiger partial charge in [-0.2, -0.15) is 0 Å². The maximum Gasteiger partial charge on any atom is 0.168 e. The summed E-state index contributed by atoms with van der Waals surface area (Å²) in [5, 5.41) is 0. The molecule has 0 N–H and O–H groups in total. The van der Waals surface area contributed by atoms with Crippen LogP contribution in [-0.4, -0.2) is 17.9 Å². The zero-order valence-electron chi connectivity index (χ0n) is 10.5. The third kappa shape index (κ3) is 2.74. The third-order valence-corrected chi connectivity index (χ3v) is 2.88. The lowest BCUT2D eigenvalue weighted by Gasteiger charge is -2.05. The largest absolute Gasteiger partial charge is 0.495 e. The van der Waals surface area contributed by atoms with Gasteiger partial charge in [0.1, 0.15) is 5.75 Å². The van der Waals surface area contributed by atoms with Gasteiger partial charge >= 0.3 is 0 Å². The highest BCUT2D eigenvalue weighted by atomic mass is 16.5. The molecule has 0 fully saturated rings. The Labute approximate surface area is 106 Å². The molecule has 3 nitrogen and oxygen atoms in total. The van der Waals surface area contributed by atoms with Crippen LogP contribution in [0.3, 0.4) is 0 Å². The van der Waals surface area contributed by atoms with Crippen LogP contribution in [0, 0.1) is 6.92 Å². The van der Waals surface area contributed by atoms with Gasteiger partial charge in [-0.3, -0.25) is 9.78 Å². The minimum absolute atomic E-state index is 0.0516. The van der Waals surface area contributed by atoms with Gasteiger partial charge in [-0.15, -0.1) is 0 Å². The third-order valence-electron chi connectivity index (χ3n) is 2.88. The molecule has 1 aromatic heterocycles. The van der Waals surface area contributed by atoms with Gasteiger partial charge in [-0.1, -0.05) is 24.3 Å². The number of rotatable bonds is 4. The van der Waals surface area contributed by atoms with Crippen molar-refractivity contribution in [2.24, 2.45) is 0 Å². The molecule has 0 saturated heterocycles. The Morgan fingerprint density at radius 2 is 2.06 bits per heavy atom. The molecular formula is C15H15NO2. The molecule has 0 aliphatic carbocycles. The molecule has 0 bridgehead atoms. The van der Waals surface area contributed by atoms with Crippen LogP contribution in [0.25, 0.3) is 0 Å². The number of ether oxygens (including phenoxy) is 1. The number of ketones is 1. The SMILES string of the molecule is COc1cncc(C(=O)Cc2ccccc2C)c1. The highest BCUT2D eigenvalue weighted by molar-refractivity contribution is 5.97. The summed E-state index contributed by atoms with van der Waals surface area (Å²) < 4.78 is 5.06. The highest BCUT2D eigenvalue weighted by Gasteiger charge is 2.09. The number of benzene rings is 1. The summed E-state index contributed by atoms with van der Waals surface area (Å²) >= 11 is 0. The van der Waals surface area contributed by atoms with Crippen molar-refractivity contribution in [3.8, 4) is 5.75 Å². The molecule has 0 spiro atoms. The van der Waals surface area contributed by atoms with Crippen LogP contribution in [0.2, 0.25) is 0 Å². The molecular weight excluding hydrogens is 226 g/mol. The van der Waals surface area contributed by atoms with E-state index in [2.05, 4.69) is 4.98 Å². The Hall–Kier alpha value is -2.16. The molecule has 2 rings (SSSR count). The lowest BCUT2D eigenvalue weighted by Crippen LogP contribution is -2.05. The van der Waals surface area contributed by atoms with Crippen LogP contribution in [0.5, 0.6) is 5.75 Å². The number of carbonyl (C=O) groups excluding carboxylic acids is 1. The average molecular weight is 241 g/mol. The first-order valence-electron chi connectivity index (χ1n) is 5.77. The lowest BCUT2D eigenvalue weighted by molar-refractivity contribution is 0.0992. The number of pyridine rings is 1. The number of nitrogens with zero attached hydrogens (tertiary/aromatic N) is 1. The highest BCUT2D eigenvalue weighted by Crippen LogP contribution is 2.14. The fraction of sp³-hybridized carbons (Fsp3) is 0.200. The quantitative estimate of drug-likeness (QED) is 0.773. The molecule has 1 aromatic carbocycles. The van der Waals surface area contributed by atoms with Crippen LogP contribution in [0.4, 0.5) is 0 Å². The summed E-state index contributed by atoms with van der Waals surface area (Å²) in [4.78, 5) is 16.1. The van der Waals surface area contributed by atoms with Crippen LogP contribution < -0.4 is 4.74 Å².